The maximum atomic E-state index is 4.31. The van der Waals surface area contributed by atoms with E-state index in [0.29, 0.717) is 0 Å². The van der Waals surface area contributed by atoms with Crippen molar-refractivity contribution in [3.8, 4) is 0 Å². The third-order valence-electron chi connectivity index (χ3n) is 3.23. The Kier molecular flexibility index (Phi) is 3.56. The predicted octanol–water partition coefficient (Wildman–Crippen LogP) is 2.90. The number of hydrogen-bond donors (Lipinski definition) is 2. The maximum Gasteiger partial charge on any atom is 0.0457 e. The van der Waals surface area contributed by atoms with Gasteiger partial charge in [-0.3, -0.25) is 4.98 Å². The van der Waals surface area contributed by atoms with Crippen molar-refractivity contribution >= 4 is 10.9 Å². The summed E-state index contributed by atoms with van der Waals surface area (Å²) in [4.78, 5) is 7.55. The average molecular weight is 251 g/mol. The van der Waals surface area contributed by atoms with Crippen molar-refractivity contribution in [1.82, 2.24) is 15.3 Å². The van der Waals surface area contributed by atoms with Crippen molar-refractivity contribution in [1.29, 1.82) is 0 Å². The molecule has 0 radical (unpaired) electrons. The van der Waals surface area contributed by atoms with Crippen LogP contribution in [0.25, 0.3) is 10.9 Å². The largest absolute Gasteiger partial charge is 0.361 e. The number of aromatic nitrogens is 2. The first-order valence-electron chi connectivity index (χ1n) is 6.58. The topological polar surface area (TPSA) is 40.7 Å². The number of H-pyrrole nitrogens is 1. The smallest absolute Gasteiger partial charge is 0.0457 e. The summed E-state index contributed by atoms with van der Waals surface area (Å²) >= 11 is 0. The number of aromatic amines is 1. The number of nitrogens with one attached hydrogen (secondary N) is 2. The number of fused-ring (bicyclic) bond motifs is 1. The van der Waals surface area contributed by atoms with E-state index in [9.17, 15) is 0 Å². The molecule has 0 aliphatic heterocycles. The highest BCUT2D eigenvalue weighted by atomic mass is 14.9. The number of benzene rings is 1. The zero-order chi connectivity index (χ0) is 12.9. The van der Waals surface area contributed by atoms with Gasteiger partial charge in [-0.25, -0.2) is 0 Å². The lowest BCUT2D eigenvalue weighted by Gasteiger charge is -2.05. The van der Waals surface area contributed by atoms with Crippen molar-refractivity contribution in [3.05, 3.63) is 66.1 Å². The van der Waals surface area contributed by atoms with Gasteiger partial charge in [-0.15, -0.1) is 0 Å². The number of nitrogens with zero attached hydrogens (tertiary/aromatic N) is 1. The van der Waals surface area contributed by atoms with Crippen LogP contribution in [-0.2, 0) is 13.0 Å². The van der Waals surface area contributed by atoms with Crippen LogP contribution in [0.1, 0.15) is 11.3 Å². The molecule has 2 N–H and O–H groups in total. The van der Waals surface area contributed by atoms with Gasteiger partial charge in [-0.1, -0.05) is 18.2 Å². The fraction of sp³-hybridized carbons (Fsp3) is 0.188. The van der Waals surface area contributed by atoms with E-state index in [0.717, 1.165) is 25.2 Å². The second kappa shape index (κ2) is 5.67. The molecule has 0 fully saturated rings. The standard InChI is InChI=1S/C16H17N3/c1-2-8-18-15(3-1)7-9-17-12-13-4-5-14-6-10-19-16(14)11-13/h1-6,8,10-11,17,19H,7,9,12H2. The van der Waals surface area contributed by atoms with Crippen molar-refractivity contribution in [2.45, 2.75) is 13.0 Å². The minimum absolute atomic E-state index is 0.891. The molecule has 0 saturated heterocycles. The van der Waals surface area contributed by atoms with E-state index in [1.165, 1.54) is 16.5 Å². The lowest BCUT2D eigenvalue weighted by Crippen LogP contribution is -2.17. The van der Waals surface area contributed by atoms with E-state index in [4.69, 9.17) is 0 Å². The van der Waals surface area contributed by atoms with Gasteiger partial charge in [0.1, 0.15) is 0 Å². The summed E-state index contributed by atoms with van der Waals surface area (Å²) in [6.45, 7) is 1.83. The van der Waals surface area contributed by atoms with Gasteiger partial charge in [0, 0.05) is 43.1 Å². The molecule has 1 aromatic carbocycles. The summed E-state index contributed by atoms with van der Waals surface area (Å²) < 4.78 is 0. The first-order chi connectivity index (χ1) is 9.42. The van der Waals surface area contributed by atoms with E-state index < -0.39 is 0 Å². The third-order valence-corrected chi connectivity index (χ3v) is 3.23. The normalized spacial score (nSPS) is 10.9. The molecule has 0 bridgehead atoms. The monoisotopic (exact) mass is 251 g/mol. The minimum Gasteiger partial charge on any atom is -0.361 e. The Balaban J connectivity index is 1.52. The van der Waals surface area contributed by atoms with Crippen LogP contribution in [0.4, 0.5) is 0 Å². The highest BCUT2D eigenvalue weighted by molar-refractivity contribution is 5.79. The molecule has 0 saturated carbocycles. The molecule has 0 amide bonds. The van der Waals surface area contributed by atoms with Crippen molar-refractivity contribution in [2.75, 3.05) is 6.54 Å². The highest BCUT2D eigenvalue weighted by Crippen LogP contribution is 2.13. The number of hydrogen-bond acceptors (Lipinski definition) is 2. The zero-order valence-corrected chi connectivity index (χ0v) is 10.8. The average Bonchev–Trinajstić information content (AvgIpc) is 2.92. The molecule has 3 rings (SSSR count). The Morgan fingerprint density at radius 2 is 2.11 bits per heavy atom. The molecule has 0 aliphatic carbocycles. The van der Waals surface area contributed by atoms with Crippen LogP contribution in [0.15, 0.2) is 54.9 Å². The molecule has 0 atom stereocenters. The Morgan fingerprint density at radius 1 is 1.11 bits per heavy atom. The molecule has 0 spiro atoms. The van der Waals surface area contributed by atoms with Gasteiger partial charge in [0.05, 0.1) is 0 Å². The fourth-order valence-corrected chi connectivity index (χ4v) is 2.20. The van der Waals surface area contributed by atoms with E-state index in [1.807, 2.05) is 24.5 Å². The molecule has 3 nitrogen and oxygen atoms in total. The molecule has 2 aromatic heterocycles. The van der Waals surface area contributed by atoms with Gasteiger partial charge in [-0.2, -0.15) is 0 Å². The van der Waals surface area contributed by atoms with Crippen LogP contribution in [-0.4, -0.2) is 16.5 Å². The first kappa shape index (κ1) is 11.9. The molecule has 2 heterocycles. The zero-order valence-electron chi connectivity index (χ0n) is 10.8. The van der Waals surface area contributed by atoms with E-state index in [1.54, 1.807) is 0 Å². The molecule has 3 heteroatoms. The quantitative estimate of drug-likeness (QED) is 0.685. The van der Waals surface area contributed by atoms with Crippen LogP contribution >= 0.6 is 0 Å². The molecule has 19 heavy (non-hydrogen) atoms. The summed E-state index contributed by atoms with van der Waals surface area (Å²) in [5, 5.41) is 4.71. The highest BCUT2D eigenvalue weighted by Gasteiger charge is 1.98. The lowest BCUT2D eigenvalue weighted by atomic mass is 10.1. The van der Waals surface area contributed by atoms with Gasteiger partial charge in [0.2, 0.25) is 0 Å². The molecule has 0 aliphatic rings. The number of pyridine rings is 1. The van der Waals surface area contributed by atoms with Crippen LogP contribution in [0.2, 0.25) is 0 Å². The van der Waals surface area contributed by atoms with Gasteiger partial charge in [-0.05, 0) is 35.2 Å². The van der Waals surface area contributed by atoms with E-state index in [-0.39, 0.29) is 0 Å². The van der Waals surface area contributed by atoms with Crippen LogP contribution < -0.4 is 5.32 Å². The summed E-state index contributed by atoms with van der Waals surface area (Å²) in [6.07, 6.45) is 4.78. The molecule has 3 aromatic rings. The summed E-state index contributed by atoms with van der Waals surface area (Å²) in [7, 11) is 0. The summed E-state index contributed by atoms with van der Waals surface area (Å²) in [5.74, 6) is 0. The van der Waals surface area contributed by atoms with E-state index >= 15 is 0 Å². The fourth-order valence-electron chi connectivity index (χ4n) is 2.20. The molecular formula is C16H17N3. The van der Waals surface area contributed by atoms with Crippen molar-refractivity contribution in [3.63, 3.8) is 0 Å². The van der Waals surface area contributed by atoms with Gasteiger partial charge >= 0.3 is 0 Å². The Morgan fingerprint density at radius 3 is 3.00 bits per heavy atom. The Bertz CT molecular complexity index is 643. The first-order valence-corrected chi connectivity index (χ1v) is 6.58. The van der Waals surface area contributed by atoms with Crippen LogP contribution in [0.3, 0.4) is 0 Å². The third kappa shape index (κ3) is 3.01. The lowest BCUT2D eigenvalue weighted by molar-refractivity contribution is 0.680. The van der Waals surface area contributed by atoms with Gasteiger partial charge < -0.3 is 10.3 Å². The SMILES string of the molecule is c1ccc(CCNCc2ccc3cc[nH]c3c2)nc1. The van der Waals surface area contributed by atoms with Crippen molar-refractivity contribution < 1.29 is 0 Å². The minimum atomic E-state index is 0.891. The van der Waals surface area contributed by atoms with E-state index in [2.05, 4.69) is 45.6 Å². The Labute approximate surface area is 112 Å². The maximum absolute atomic E-state index is 4.31. The summed E-state index contributed by atoms with van der Waals surface area (Å²) in [6, 6.07) is 14.7. The van der Waals surface area contributed by atoms with Crippen LogP contribution in [0, 0.1) is 0 Å². The van der Waals surface area contributed by atoms with Gasteiger partial charge in [0.15, 0.2) is 0 Å². The predicted molar refractivity (Wildman–Crippen MR) is 77.9 cm³/mol. The molecule has 0 unspecified atom stereocenters. The summed E-state index contributed by atoms with van der Waals surface area (Å²) in [5.41, 5.74) is 3.63. The second-order valence-electron chi connectivity index (χ2n) is 4.65. The van der Waals surface area contributed by atoms with Crippen LogP contribution in [0.5, 0.6) is 0 Å². The second-order valence-corrected chi connectivity index (χ2v) is 4.65. The molecular weight excluding hydrogens is 234 g/mol. The number of rotatable bonds is 5. The van der Waals surface area contributed by atoms with Crippen molar-refractivity contribution in [2.24, 2.45) is 0 Å². The van der Waals surface area contributed by atoms with Gasteiger partial charge in [0.25, 0.3) is 0 Å². The Hall–Kier alpha value is -2.13. The molecule has 96 valence electrons.